The quantitative estimate of drug-likeness (QED) is 0.112. The minimum Gasteiger partial charge on any atom is -0.477 e. The topological polar surface area (TPSA) is 76.8 Å². The van der Waals surface area contributed by atoms with Gasteiger partial charge in [0.2, 0.25) is 0 Å². The Kier molecular flexibility index (Phi) is 10.1. The van der Waals surface area contributed by atoms with Crippen LogP contribution in [0.5, 0.6) is 5.75 Å². The van der Waals surface area contributed by atoms with Gasteiger partial charge in [-0.25, -0.2) is 4.79 Å². The number of carboxylic acids is 1. The van der Waals surface area contributed by atoms with Gasteiger partial charge in [0, 0.05) is 45.3 Å². The summed E-state index contributed by atoms with van der Waals surface area (Å²) in [6.45, 7) is 0. The minimum absolute atomic E-state index is 0.316. The molecule has 0 unspecified atom stereocenters. The maximum atomic E-state index is 11.8. The zero-order valence-corrected chi connectivity index (χ0v) is 30.2. The lowest BCUT2D eigenvalue weighted by atomic mass is 9.96. The number of nitrogens with zero attached hydrogens (tertiary/aromatic N) is 3. The van der Waals surface area contributed by atoms with E-state index in [0.717, 1.165) is 50.8 Å². The van der Waals surface area contributed by atoms with E-state index in [1.165, 1.54) is 0 Å². The summed E-state index contributed by atoms with van der Waals surface area (Å²) in [5.41, 5.74) is 10.0. The number of nitriles is 1. The van der Waals surface area contributed by atoms with Crippen molar-refractivity contribution in [2.75, 3.05) is 9.80 Å². The van der Waals surface area contributed by atoms with E-state index in [0.29, 0.717) is 22.6 Å². The third-order valence-corrected chi connectivity index (χ3v) is 9.51. The van der Waals surface area contributed by atoms with Crippen molar-refractivity contribution in [2.24, 2.45) is 0 Å². The summed E-state index contributed by atoms with van der Waals surface area (Å²) < 4.78 is 6.06. The Morgan fingerprint density at radius 2 is 0.929 bits per heavy atom. The monoisotopic (exact) mass is 725 g/mol. The Hall–Kier alpha value is -7.88. The Morgan fingerprint density at radius 3 is 1.38 bits per heavy atom. The molecule has 0 bridgehead atoms. The van der Waals surface area contributed by atoms with E-state index in [9.17, 15) is 15.2 Å². The van der Waals surface area contributed by atoms with Crippen molar-refractivity contribution >= 4 is 51.7 Å². The summed E-state index contributed by atoms with van der Waals surface area (Å²) in [6.07, 6.45) is 5.28. The molecular formula is C50H35N3O3. The van der Waals surface area contributed by atoms with Gasteiger partial charge in [0.05, 0.1) is 0 Å². The molecule has 268 valence electrons. The normalized spacial score (nSPS) is 12.8. The van der Waals surface area contributed by atoms with Gasteiger partial charge in [-0.3, -0.25) is 0 Å². The van der Waals surface area contributed by atoms with Crippen LogP contribution in [-0.2, 0) is 4.79 Å². The Labute approximate surface area is 326 Å². The first-order valence-electron chi connectivity index (χ1n) is 18.2. The van der Waals surface area contributed by atoms with Gasteiger partial charge in [0.1, 0.15) is 23.2 Å². The number of carbonyl (C=O) groups is 1. The fourth-order valence-corrected chi connectivity index (χ4v) is 6.81. The molecule has 1 aliphatic rings. The molecule has 0 spiro atoms. The largest absolute Gasteiger partial charge is 0.477 e. The van der Waals surface area contributed by atoms with Crippen molar-refractivity contribution < 1.29 is 14.6 Å². The highest BCUT2D eigenvalue weighted by molar-refractivity contribution is 6.04. The van der Waals surface area contributed by atoms with E-state index in [1.54, 1.807) is 30.4 Å². The molecule has 1 heterocycles. The van der Waals surface area contributed by atoms with Gasteiger partial charge in [0.15, 0.2) is 0 Å². The number of anilines is 6. The second kappa shape index (κ2) is 16.0. The molecule has 0 amide bonds. The average molecular weight is 726 g/mol. The van der Waals surface area contributed by atoms with Crippen LogP contribution in [0, 0.1) is 11.3 Å². The van der Waals surface area contributed by atoms with Gasteiger partial charge < -0.3 is 19.6 Å². The van der Waals surface area contributed by atoms with Crippen LogP contribution >= 0.6 is 0 Å². The summed E-state index contributed by atoms with van der Waals surface area (Å²) in [4.78, 5) is 16.3. The lowest BCUT2D eigenvalue weighted by molar-refractivity contribution is -0.132. The molecular weight excluding hydrogens is 691 g/mol. The van der Waals surface area contributed by atoms with Gasteiger partial charge >= 0.3 is 5.97 Å². The number of fused-ring (bicyclic) bond motifs is 1. The van der Waals surface area contributed by atoms with E-state index in [1.807, 2.05) is 60.7 Å². The highest BCUT2D eigenvalue weighted by atomic mass is 16.5. The van der Waals surface area contributed by atoms with E-state index in [2.05, 4.69) is 131 Å². The molecule has 0 aromatic heterocycles. The molecule has 0 saturated carbocycles. The van der Waals surface area contributed by atoms with Gasteiger partial charge in [0.25, 0.3) is 0 Å². The molecule has 0 radical (unpaired) electrons. The number of hydrogen-bond donors (Lipinski definition) is 1. The maximum Gasteiger partial charge on any atom is 0.347 e. The van der Waals surface area contributed by atoms with Crippen molar-refractivity contribution in [2.45, 2.75) is 0 Å². The molecule has 0 atom stereocenters. The molecule has 0 aliphatic carbocycles. The molecule has 1 aliphatic heterocycles. The molecule has 6 nitrogen and oxygen atoms in total. The van der Waals surface area contributed by atoms with Crippen LogP contribution in [0.3, 0.4) is 0 Å². The second-order valence-corrected chi connectivity index (χ2v) is 13.0. The van der Waals surface area contributed by atoms with E-state index in [4.69, 9.17) is 4.74 Å². The van der Waals surface area contributed by atoms with Crippen LogP contribution in [0.4, 0.5) is 34.1 Å². The number of aliphatic carboxylic acids is 1. The van der Waals surface area contributed by atoms with Crippen molar-refractivity contribution in [3.05, 3.63) is 223 Å². The lowest BCUT2D eigenvalue weighted by Crippen LogP contribution is -2.10. The Bertz CT molecular complexity index is 2570. The highest BCUT2D eigenvalue weighted by Gasteiger charge is 2.22. The SMILES string of the molecule is N#CC(C(=O)O)=C1C=C(C=Cc2ccc(N(c3ccccc3)c3ccc(-c4ccc(N(c5ccccc5)c5ccccc5)cc4)cc3)cc2)Oc2ccccc21. The Morgan fingerprint density at radius 1 is 0.518 bits per heavy atom. The molecule has 0 fully saturated rings. The second-order valence-electron chi connectivity index (χ2n) is 13.0. The third kappa shape index (κ3) is 7.47. The molecule has 7 aromatic carbocycles. The predicted octanol–water partition coefficient (Wildman–Crippen LogP) is 12.6. The van der Waals surface area contributed by atoms with Crippen LogP contribution in [0.1, 0.15) is 11.1 Å². The van der Waals surface area contributed by atoms with Crippen molar-refractivity contribution in [3.63, 3.8) is 0 Å². The maximum absolute atomic E-state index is 11.8. The fourth-order valence-electron chi connectivity index (χ4n) is 6.81. The number of benzene rings is 7. The third-order valence-electron chi connectivity index (χ3n) is 9.51. The first-order chi connectivity index (χ1) is 27.6. The van der Waals surface area contributed by atoms with E-state index in [-0.39, 0.29) is 5.57 Å². The van der Waals surface area contributed by atoms with Crippen LogP contribution < -0.4 is 14.5 Å². The molecule has 1 N–H and O–H groups in total. The first-order valence-corrected chi connectivity index (χ1v) is 18.2. The van der Waals surface area contributed by atoms with Crippen molar-refractivity contribution in [3.8, 4) is 22.9 Å². The summed E-state index contributed by atoms with van der Waals surface area (Å²) in [6, 6.07) is 65.4. The van der Waals surface area contributed by atoms with Crippen molar-refractivity contribution in [1.82, 2.24) is 0 Å². The van der Waals surface area contributed by atoms with Crippen LogP contribution in [0.25, 0.3) is 22.8 Å². The summed E-state index contributed by atoms with van der Waals surface area (Å²) in [7, 11) is 0. The standard InChI is InChI=1S/C50H35N3O3/c51-35-48(50(54)55)47-34-45(56-49-19-11-10-18-46(47)49)33-22-36-20-27-42(28-21-36)53(41-16-8-3-9-17-41)44-31-25-38(26-32-44)37-23-29-43(30-24-37)52(39-12-4-1-5-13-39)40-14-6-2-7-15-40/h1-34H,(H,54,55). The average Bonchev–Trinajstić information content (AvgIpc) is 3.25. The minimum atomic E-state index is -1.28. The number of allylic oxidation sites excluding steroid dienone is 3. The van der Waals surface area contributed by atoms with Gasteiger partial charge in [-0.1, -0.05) is 115 Å². The molecule has 56 heavy (non-hydrogen) atoms. The number of ether oxygens (including phenoxy) is 1. The van der Waals surface area contributed by atoms with E-state index >= 15 is 0 Å². The van der Waals surface area contributed by atoms with E-state index < -0.39 is 5.97 Å². The zero-order valence-electron chi connectivity index (χ0n) is 30.2. The smallest absolute Gasteiger partial charge is 0.347 e. The van der Waals surface area contributed by atoms with Crippen LogP contribution in [0.2, 0.25) is 0 Å². The molecule has 6 heteroatoms. The van der Waals surface area contributed by atoms with Gasteiger partial charge in [-0.15, -0.1) is 0 Å². The van der Waals surface area contributed by atoms with Gasteiger partial charge in [-0.05, 0) is 108 Å². The fraction of sp³-hybridized carbons (Fsp3) is 0. The summed E-state index contributed by atoms with van der Waals surface area (Å²) in [5.74, 6) is -0.355. The number of carboxylic acid groups (broad SMARTS) is 1. The predicted molar refractivity (Wildman–Crippen MR) is 226 cm³/mol. The van der Waals surface area contributed by atoms with Crippen LogP contribution in [-0.4, -0.2) is 11.1 Å². The highest BCUT2D eigenvalue weighted by Crippen LogP contribution is 2.39. The lowest BCUT2D eigenvalue weighted by Gasteiger charge is -2.26. The Balaban J connectivity index is 1.04. The molecule has 7 aromatic rings. The van der Waals surface area contributed by atoms with Crippen molar-refractivity contribution in [1.29, 1.82) is 5.26 Å². The first kappa shape index (κ1) is 35.2. The number of para-hydroxylation sites is 4. The zero-order chi connectivity index (χ0) is 38.3. The summed E-state index contributed by atoms with van der Waals surface area (Å²) >= 11 is 0. The molecule has 0 saturated heterocycles. The molecule has 8 rings (SSSR count). The summed E-state index contributed by atoms with van der Waals surface area (Å²) in [5, 5.41) is 19.2. The number of rotatable bonds is 10. The number of hydrogen-bond acceptors (Lipinski definition) is 5. The van der Waals surface area contributed by atoms with Crippen LogP contribution in [0.15, 0.2) is 212 Å². The van der Waals surface area contributed by atoms with Gasteiger partial charge in [-0.2, -0.15) is 5.26 Å².